The van der Waals surface area contributed by atoms with E-state index in [4.69, 9.17) is 4.74 Å². The lowest BCUT2D eigenvalue weighted by Crippen LogP contribution is -2.37. The molecule has 0 aliphatic heterocycles. The number of amides is 2. The van der Waals surface area contributed by atoms with Crippen LogP contribution in [0.4, 0.5) is 18.9 Å². The number of benzene rings is 2. The number of rotatable bonds is 16. The number of nitrogens with zero attached hydrogens (tertiary/aromatic N) is 1. The molecule has 0 unspecified atom stereocenters. The predicted molar refractivity (Wildman–Crippen MR) is 150 cm³/mol. The summed E-state index contributed by atoms with van der Waals surface area (Å²) in [5.41, 5.74) is 0.287. The molecule has 0 spiro atoms. The molecule has 0 aliphatic carbocycles. The first-order chi connectivity index (χ1) is 19.2. The first kappa shape index (κ1) is 32.8. The van der Waals surface area contributed by atoms with E-state index >= 15 is 0 Å². The quantitative estimate of drug-likeness (QED) is 0.131. The van der Waals surface area contributed by atoms with E-state index < -0.39 is 23.6 Å². The second-order valence-corrected chi connectivity index (χ2v) is 9.79. The number of halogens is 3. The molecule has 40 heavy (non-hydrogen) atoms. The molecule has 0 atom stereocenters. The number of hydrogen-bond donors (Lipinski definition) is 1. The molecule has 2 aromatic carbocycles. The third-order valence-electron chi connectivity index (χ3n) is 6.57. The number of carbonyl (C=O) groups is 3. The number of ether oxygens (including phenoxy) is 1. The molecule has 0 saturated heterocycles. The van der Waals surface area contributed by atoms with Crippen LogP contribution >= 0.6 is 0 Å². The van der Waals surface area contributed by atoms with Gasteiger partial charge in [-0.15, -0.1) is 0 Å². The largest absolute Gasteiger partial charge is 0.459 e. The van der Waals surface area contributed by atoms with Crippen LogP contribution in [0.15, 0.2) is 48.5 Å². The Morgan fingerprint density at radius 3 is 1.85 bits per heavy atom. The minimum atomic E-state index is -4.53. The van der Waals surface area contributed by atoms with Gasteiger partial charge >= 0.3 is 18.1 Å². The molecule has 6 nitrogen and oxygen atoms in total. The van der Waals surface area contributed by atoms with E-state index in [0.717, 1.165) is 48.4 Å². The Hall–Kier alpha value is -3.36. The number of anilines is 1. The minimum Gasteiger partial charge on any atom is -0.459 e. The first-order valence-electron chi connectivity index (χ1n) is 14.2. The van der Waals surface area contributed by atoms with E-state index in [1.165, 1.54) is 44.9 Å². The monoisotopic (exact) mass is 562 g/mol. The van der Waals surface area contributed by atoms with Crippen molar-refractivity contribution in [3.05, 3.63) is 65.2 Å². The molecule has 0 saturated carbocycles. The van der Waals surface area contributed by atoms with Gasteiger partial charge in [0, 0.05) is 17.8 Å². The van der Waals surface area contributed by atoms with Crippen molar-refractivity contribution >= 4 is 23.5 Å². The topological polar surface area (TPSA) is 75.7 Å². The van der Waals surface area contributed by atoms with Crippen LogP contribution < -0.4 is 10.2 Å². The molecule has 0 heterocycles. The van der Waals surface area contributed by atoms with Crippen LogP contribution in [0.25, 0.3) is 0 Å². The van der Waals surface area contributed by atoms with E-state index in [0.29, 0.717) is 17.7 Å². The molecule has 0 radical (unpaired) electrons. The second-order valence-electron chi connectivity index (χ2n) is 9.79. The van der Waals surface area contributed by atoms with Gasteiger partial charge in [-0.1, -0.05) is 76.8 Å². The number of alkyl halides is 3. The molecule has 9 heteroatoms. The zero-order valence-electron chi connectivity index (χ0n) is 23.5. The van der Waals surface area contributed by atoms with Gasteiger partial charge in [-0.2, -0.15) is 13.2 Å². The van der Waals surface area contributed by atoms with Gasteiger partial charge in [0.15, 0.2) is 0 Å². The van der Waals surface area contributed by atoms with E-state index in [1.54, 1.807) is 31.2 Å². The average molecular weight is 563 g/mol. The molecule has 0 aliphatic rings. The lowest BCUT2D eigenvalue weighted by Gasteiger charge is -2.22. The SMILES string of the molecule is CCCCCCCCCCCCNC(=O)c1ccc(CN(C(=O)C(=O)OCC)c2ccc(C(F)(F)F)cc2)cc1. The molecule has 0 bridgehead atoms. The highest BCUT2D eigenvalue weighted by Gasteiger charge is 2.31. The normalized spacial score (nSPS) is 11.2. The van der Waals surface area contributed by atoms with Gasteiger partial charge in [0.25, 0.3) is 5.91 Å². The molecular formula is C31H41F3N2O4. The Morgan fingerprint density at radius 1 is 0.775 bits per heavy atom. The fourth-order valence-electron chi connectivity index (χ4n) is 4.27. The smallest absolute Gasteiger partial charge is 0.416 e. The molecule has 2 rings (SSSR count). The van der Waals surface area contributed by atoms with Crippen molar-refractivity contribution in [1.82, 2.24) is 5.32 Å². The van der Waals surface area contributed by atoms with Crippen LogP contribution in [0, 0.1) is 0 Å². The van der Waals surface area contributed by atoms with Gasteiger partial charge in [-0.25, -0.2) is 4.79 Å². The second kappa shape index (κ2) is 17.4. The maximum atomic E-state index is 13.0. The minimum absolute atomic E-state index is 0.0195. The molecule has 1 N–H and O–H groups in total. The summed E-state index contributed by atoms with van der Waals surface area (Å²) in [5.74, 6) is -2.31. The zero-order chi connectivity index (χ0) is 29.4. The Bertz CT molecular complexity index is 1050. The predicted octanol–water partition coefficient (Wildman–Crippen LogP) is 7.45. The molecule has 2 aromatic rings. The molecule has 2 amide bonds. The van der Waals surface area contributed by atoms with Crippen molar-refractivity contribution in [2.75, 3.05) is 18.1 Å². The first-order valence-corrected chi connectivity index (χ1v) is 14.2. The van der Waals surface area contributed by atoms with Crippen molar-refractivity contribution in [3.63, 3.8) is 0 Å². The number of carbonyl (C=O) groups excluding carboxylic acids is 3. The summed E-state index contributed by atoms with van der Waals surface area (Å²) in [6.45, 7) is 4.24. The molecule has 0 fully saturated rings. The van der Waals surface area contributed by atoms with Crippen molar-refractivity contribution in [2.24, 2.45) is 0 Å². The summed E-state index contributed by atoms with van der Waals surface area (Å²) in [6, 6.07) is 10.5. The third kappa shape index (κ3) is 11.4. The van der Waals surface area contributed by atoms with Crippen molar-refractivity contribution in [2.45, 2.75) is 90.8 Å². The van der Waals surface area contributed by atoms with Gasteiger partial charge in [0.05, 0.1) is 18.7 Å². The Kier molecular flexibility index (Phi) is 14.3. The van der Waals surface area contributed by atoms with Gasteiger partial charge in [0.2, 0.25) is 0 Å². The fourth-order valence-corrected chi connectivity index (χ4v) is 4.27. The van der Waals surface area contributed by atoms with E-state index in [2.05, 4.69) is 12.2 Å². The van der Waals surface area contributed by atoms with Crippen LogP contribution in [0.5, 0.6) is 0 Å². The van der Waals surface area contributed by atoms with Gasteiger partial charge < -0.3 is 10.1 Å². The lowest BCUT2D eigenvalue weighted by atomic mass is 10.1. The maximum Gasteiger partial charge on any atom is 0.416 e. The van der Waals surface area contributed by atoms with Crippen LogP contribution in [-0.4, -0.2) is 30.9 Å². The number of hydrogen-bond acceptors (Lipinski definition) is 4. The molecular weight excluding hydrogens is 521 g/mol. The highest BCUT2D eigenvalue weighted by molar-refractivity contribution is 6.38. The maximum absolute atomic E-state index is 13.0. The summed E-state index contributed by atoms with van der Waals surface area (Å²) >= 11 is 0. The average Bonchev–Trinajstić information content (AvgIpc) is 2.94. The Labute approximate surface area is 235 Å². The van der Waals surface area contributed by atoms with Crippen LogP contribution in [0.2, 0.25) is 0 Å². The molecule has 0 aromatic heterocycles. The number of esters is 1. The number of nitrogens with one attached hydrogen (secondary N) is 1. The summed E-state index contributed by atoms with van der Waals surface area (Å²) in [5, 5.41) is 2.92. The third-order valence-corrected chi connectivity index (χ3v) is 6.57. The summed E-state index contributed by atoms with van der Waals surface area (Å²) in [4.78, 5) is 38.4. The van der Waals surface area contributed by atoms with E-state index in [9.17, 15) is 27.6 Å². The standard InChI is InChI=1S/C31H41F3N2O4/c1-3-5-6-7-8-9-10-11-12-13-22-35-28(37)25-16-14-24(15-17-25)23-36(29(38)30(39)40-4-2)27-20-18-26(19-21-27)31(32,33)34/h14-21H,3-13,22-23H2,1-2H3,(H,35,37). The summed E-state index contributed by atoms with van der Waals surface area (Å²) < 4.78 is 43.7. The van der Waals surface area contributed by atoms with E-state index in [1.807, 2.05) is 0 Å². The van der Waals surface area contributed by atoms with Gasteiger partial charge in [0.1, 0.15) is 0 Å². The van der Waals surface area contributed by atoms with Crippen LogP contribution in [0.1, 0.15) is 99.5 Å². The Morgan fingerprint density at radius 2 is 1.32 bits per heavy atom. The highest BCUT2D eigenvalue weighted by atomic mass is 19.4. The van der Waals surface area contributed by atoms with Gasteiger partial charge in [-0.3, -0.25) is 14.5 Å². The fraction of sp³-hybridized carbons (Fsp3) is 0.516. The van der Waals surface area contributed by atoms with Crippen molar-refractivity contribution < 1.29 is 32.3 Å². The van der Waals surface area contributed by atoms with Crippen molar-refractivity contribution in [1.29, 1.82) is 0 Å². The van der Waals surface area contributed by atoms with Gasteiger partial charge in [-0.05, 0) is 55.3 Å². The van der Waals surface area contributed by atoms with E-state index in [-0.39, 0.29) is 24.7 Å². The van der Waals surface area contributed by atoms with Crippen molar-refractivity contribution in [3.8, 4) is 0 Å². The molecule has 220 valence electrons. The highest BCUT2D eigenvalue weighted by Crippen LogP contribution is 2.31. The van der Waals surface area contributed by atoms with Crippen LogP contribution in [-0.2, 0) is 27.0 Å². The van der Waals surface area contributed by atoms with Crippen LogP contribution in [0.3, 0.4) is 0 Å². The Balaban J connectivity index is 1.89. The summed E-state index contributed by atoms with van der Waals surface area (Å²) in [7, 11) is 0. The number of unbranched alkanes of at least 4 members (excludes halogenated alkanes) is 9. The zero-order valence-corrected chi connectivity index (χ0v) is 23.5. The lowest BCUT2D eigenvalue weighted by molar-refractivity contribution is -0.153. The summed E-state index contributed by atoms with van der Waals surface area (Å²) in [6.07, 6.45) is 7.64.